The Morgan fingerprint density at radius 2 is 1.89 bits per heavy atom. The number of aryl methyl sites for hydroxylation is 1. The second-order valence-electron chi connectivity index (χ2n) is 4.35. The molecule has 0 aliphatic heterocycles. The number of anilines is 1. The average Bonchev–Trinajstić information content (AvgIpc) is 2.70. The van der Waals surface area contributed by atoms with E-state index in [-0.39, 0.29) is 0 Å². The molecule has 0 unspecified atom stereocenters. The van der Waals surface area contributed by atoms with Crippen molar-refractivity contribution in [2.75, 3.05) is 5.73 Å². The molecule has 0 bridgehead atoms. The number of nitrogens with zero attached hydrogens (tertiary/aromatic N) is 2. The Bertz CT molecular complexity index is 778. The average molecular weight is 292 g/mol. The van der Waals surface area contributed by atoms with Crippen LogP contribution >= 0.6 is 23.2 Å². The van der Waals surface area contributed by atoms with E-state index >= 15 is 0 Å². The van der Waals surface area contributed by atoms with Crippen molar-refractivity contribution in [3.05, 3.63) is 52.0 Å². The fourth-order valence-electron chi connectivity index (χ4n) is 2.20. The minimum atomic E-state index is 0.433. The third kappa shape index (κ3) is 1.95. The zero-order valence-electron chi connectivity index (χ0n) is 10.2. The van der Waals surface area contributed by atoms with Gasteiger partial charge in [-0.15, -0.1) is 0 Å². The predicted octanol–water partition coefficient (Wildman–Crippen LogP) is 4.22. The van der Waals surface area contributed by atoms with Gasteiger partial charge in [-0.05, 0) is 36.8 Å². The van der Waals surface area contributed by atoms with Crippen LogP contribution in [0.2, 0.25) is 10.0 Å². The first-order valence-electron chi connectivity index (χ1n) is 5.77. The molecule has 0 atom stereocenters. The van der Waals surface area contributed by atoms with Crippen LogP contribution in [0, 0.1) is 6.92 Å². The standard InChI is InChI=1S/C14H11Cl2N3/c1-8-3-2-4-12-13(8)19(14(17)18-12)9-5-6-10(15)11(16)7-9/h2-7H,1H3,(H2,17,18). The number of nitrogen functional groups attached to an aromatic ring is 1. The van der Waals surface area contributed by atoms with E-state index in [0.29, 0.717) is 16.0 Å². The van der Waals surface area contributed by atoms with Crippen LogP contribution in [0.1, 0.15) is 5.56 Å². The summed E-state index contributed by atoms with van der Waals surface area (Å²) in [6, 6.07) is 11.3. The van der Waals surface area contributed by atoms with Gasteiger partial charge in [0.15, 0.2) is 0 Å². The van der Waals surface area contributed by atoms with E-state index in [1.807, 2.05) is 35.8 Å². The van der Waals surface area contributed by atoms with E-state index in [9.17, 15) is 0 Å². The summed E-state index contributed by atoms with van der Waals surface area (Å²) in [6.45, 7) is 2.03. The molecule has 0 radical (unpaired) electrons. The number of rotatable bonds is 1. The van der Waals surface area contributed by atoms with Crippen LogP contribution in [0.5, 0.6) is 0 Å². The van der Waals surface area contributed by atoms with Crippen LogP contribution in [-0.2, 0) is 0 Å². The summed E-state index contributed by atoms with van der Waals surface area (Å²) >= 11 is 12.0. The van der Waals surface area contributed by atoms with E-state index < -0.39 is 0 Å². The molecule has 5 heteroatoms. The minimum Gasteiger partial charge on any atom is -0.369 e. The molecule has 3 nitrogen and oxygen atoms in total. The van der Waals surface area contributed by atoms with Gasteiger partial charge in [-0.1, -0.05) is 35.3 Å². The van der Waals surface area contributed by atoms with Gasteiger partial charge >= 0.3 is 0 Å². The van der Waals surface area contributed by atoms with Crippen molar-refractivity contribution in [1.29, 1.82) is 0 Å². The lowest BCUT2D eigenvalue weighted by Gasteiger charge is -2.09. The molecule has 0 amide bonds. The highest BCUT2D eigenvalue weighted by Gasteiger charge is 2.12. The number of halogens is 2. The van der Waals surface area contributed by atoms with Crippen LogP contribution in [0.15, 0.2) is 36.4 Å². The molecule has 19 heavy (non-hydrogen) atoms. The van der Waals surface area contributed by atoms with Crippen LogP contribution in [0.3, 0.4) is 0 Å². The molecule has 2 N–H and O–H groups in total. The van der Waals surface area contributed by atoms with Gasteiger partial charge in [0.25, 0.3) is 0 Å². The van der Waals surface area contributed by atoms with Gasteiger partial charge in [0.1, 0.15) is 0 Å². The first-order valence-corrected chi connectivity index (χ1v) is 6.52. The van der Waals surface area contributed by atoms with Crippen molar-refractivity contribution in [2.45, 2.75) is 6.92 Å². The third-order valence-corrected chi connectivity index (χ3v) is 3.80. The van der Waals surface area contributed by atoms with Gasteiger partial charge in [0.2, 0.25) is 5.95 Å². The summed E-state index contributed by atoms with van der Waals surface area (Å²) in [5, 5.41) is 1.01. The number of aromatic nitrogens is 2. The molecule has 1 aromatic heterocycles. The highest BCUT2D eigenvalue weighted by Crippen LogP contribution is 2.29. The first kappa shape index (κ1) is 12.3. The quantitative estimate of drug-likeness (QED) is 0.729. The number of fused-ring (bicyclic) bond motifs is 1. The van der Waals surface area contributed by atoms with E-state index in [1.54, 1.807) is 12.1 Å². The van der Waals surface area contributed by atoms with Gasteiger partial charge in [0.05, 0.1) is 26.8 Å². The Morgan fingerprint density at radius 3 is 2.63 bits per heavy atom. The molecule has 0 saturated carbocycles. The van der Waals surface area contributed by atoms with Gasteiger partial charge in [-0.25, -0.2) is 4.98 Å². The molecule has 1 heterocycles. The van der Waals surface area contributed by atoms with E-state index in [2.05, 4.69) is 4.98 Å². The number of para-hydroxylation sites is 1. The second-order valence-corrected chi connectivity index (χ2v) is 5.16. The van der Waals surface area contributed by atoms with Crippen molar-refractivity contribution in [3.8, 4) is 5.69 Å². The third-order valence-electron chi connectivity index (χ3n) is 3.07. The van der Waals surface area contributed by atoms with E-state index in [4.69, 9.17) is 28.9 Å². The van der Waals surface area contributed by atoms with Crippen LogP contribution in [-0.4, -0.2) is 9.55 Å². The second kappa shape index (κ2) is 4.44. The summed E-state index contributed by atoms with van der Waals surface area (Å²) in [6.07, 6.45) is 0. The van der Waals surface area contributed by atoms with Crippen molar-refractivity contribution in [3.63, 3.8) is 0 Å². The van der Waals surface area contributed by atoms with Gasteiger partial charge in [-0.3, -0.25) is 4.57 Å². The molecule has 2 aromatic carbocycles. The Hall–Kier alpha value is -1.71. The fraction of sp³-hybridized carbons (Fsp3) is 0.0714. The zero-order chi connectivity index (χ0) is 13.6. The molecular formula is C14H11Cl2N3. The number of hydrogen-bond donors (Lipinski definition) is 1. The summed E-state index contributed by atoms with van der Waals surface area (Å²) in [5.41, 5.74) is 9.82. The number of nitrogens with two attached hydrogens (primary N) is 1. The SMILES string of the molecule is Cc1cccc2nc(N)n(-c3ccc(Cl)c(Cl)c3)c12. The molecule has 0 fully saturated rings. The summed E-state index contributed by atoms with van der Waals surface area (Å²) in [5.74, 6) is 0.433. The van der Waals surface area contributed by atoms with Crippen molar-refractivity contribution < 1.29 is 0 Å². The molecule has 0 saturated heterocycles. The highest BCUT2D eigenvalue weighted by atomic mass is 35.5. The molecule has 96 valence electrons. The van der Waals surface area contributed by atoms with Crippen LogP contribution < -0.4 is 5.73 Å². The smallest absolute Gasteiger partial charge is 0.205 e. The molecule has 0 aliphatic carbocycles. The summed E-state index contributed by atoms with van der Waals surface area (Å²) < 4.78 is 1.88. The largest absolute Gasteiger partial charge is 0.369 e. The maximum absolute atomic E-state index is 6.07. The van der Waals surface area contributed by atoms with Crippen molar-refractivity contribution in [2.24, 2.45) is 0 Å². The maximum Gasteiger partial charge on any atom is 0.205 e. The van der Waals surface area contributed by atoms with Gasteiger partial charge < -0.3 is 5.73 Å². The fourth-order valence-corrected chi connectivity index (χ4v) is 2.49. The topological polar surface area (TPSA) is 43.8 Å². The Balaban J connectivity index is 2.35. The lowest BCUT2D eigenvalue weighted by atomic mass is 10.2. The molecule has 3 rings (SSSR count). The normalized spacial score (nSPS) is 11.1. The molecule has 0 spiro atoms. The summed E-state index contributed by atoms with van der Waals surface area (Å²) in [7, 11) is 0. The molecular weight excluding hydrogens is 281 g/mol. The van der Waals surface area contributed by atoms with Crippen molar-refractivity contribution in [1.82, 2.24) is 9.55 Å². The maximum atomic E-state index is 6.07. The van der Waals surface area contributed by atoms with E-state index in [0.717, 1.165) is 22.3 Å². The lowest BCUT2D eigenvalue weighted by molar-refractivity contribution is 1.10. The number of benzene rings is 2. The zero-order valence-corrected chi connectivity index (χ0v) is 11.7. The minimum absolute atomic E-state index is 0.433. The Kier molecular flexibility index (Phi) is 2.88. The van der Waals surface area contributed by atoms with Gasteiger partial charge in [-0.2, -0.15) is 0 Å². The molecule has 3 aromatic rings. The van der Waals surface area contributed by atoms with Gasteiger partial charge in [0, 0.05) is 0 Å². The monoisotopic (exact) mass is 291 g/mol. The van der Waals surface area contributed by atoms with Crippen molar-refractivity contribution >= 4 is 40.2 Å². The Labute approximate surface area is 120 Å². The number of imidazole rings is 1. The first-order chi connectivity index (χ1) is 9.08. The predicted molar refractivity (Wildman–Crippen MR) is 80.2 cm³/mol. The Morgan fingerprint density at radius 1 is 1.11 bits per heavy atom. The van der Waals surface area contributed by atoms with E-state index in [1.165, 1.54) is 0 Å². The molecule has 0 aliphatic rings. The summed E-state index contributed by atoms with van der Waals surface area (Å²) in [4.78, 5) is 4.37. The number of hydrogen-bond acceptors (Lipinski definition) is 2. The van der Waals surface area contributed by atoms with Crippen LogP contribution in [0.25, 0.3) is 16.7 Å². The lowest BCUT2D eigenvalue weighted by Crippen LogP contribution is -2.01. The van der Waals surface area contributed by atoms with Crippen LogP contribution in [0.4, 0.5) is 5.95 Å². The highest BCUT2D eigenvalue weighted by molar-refractivity contribution is 6.42.